The Hall–Kier alpha value is -2.28. The van der Waals surface area contributed by atoms with E-state index in [1.165, 1.54) is 0 Å². The largest absolute Gasteiger partial charge is 0.480 e. The van der Waals surface area contributed by atoms with E-state index in [1.54, 1.807) is 0 Å². The Morgan fingerprint density at radius 3 is 1.82 bits per heavy atom. The van der Waals surface area contributed by atoms with Crippen LogP contribution in [0.15, 0.2) is 0 Å². The molecular formula is C20H31N3O8S2. The fourth-order valence-electron chi connectivity index (χ4n) is 3.16. The van der Waals surface area contributed by atoms with Crippen LogP contribution in [0.2, 0.25) is 0 Å². The van der Waals surface area contributed by atoms with Crippen LogP contribution >= 0.6 is 23.5 Å². The normalized spacial score (nSPS) is 19.8. The molecule has 1 heterocycles. The van der Waals surface area contributed by atoms with E-state index in [2.05, 4.69) is 10.6 Å². The van der Waals surface area contributed by atoms with Crippen molar-refractivity contribution in [1.29, 1.82) is 0 Å². The zero-order chi connectivity index (χ0) is 25.2. The lowest BCUT2D eigenvalue weighted by atomic mass is 10.2. The van der Waals surface area contributed by atoms with Crippen LogP contribution in [0.25, 0.3) is 0 Å². The first-order valence-electron chi connectivity index (χ1n) is 10.6. The molecule has 1 saturated heterocycles. The third-order valence-electron chi connectivity index (χ3n) is 4.81. The summed E-state index contributed by atoms with van der Waals surface area (Å²) in [5.74, 6) is -5.08. The molecule has 33 heavy (non-hydrogen) atoms. The fraction of sp³-hybridized carbons (Fsp3) is 0.700. The summed E-state index contributed by atoms with van der Waals surface area (Å²) in [6.45, 7) is 4.59. The number of hydrogen-bond donors (Lipinski definition) is 4. The number of amides is 4. The van der Waals surface area contributed by atoms with E-state index in [9.17, 15) is 39.0 Å². The second-order valence-electron chi connectivity index (χ2n) is 7.65. The van der Waals surface area contributed by atoms with Gasteiger partial charge in [-0.05, 0) is 6.42 Å². The number of hydrogen-bond acceptors (Lipinski definition) is 8. The Kier molecular flexibility index (Phi) is 11.7. The van der Waals surface area contributed by atoms with Crippen LogP contribution in [0.5, 0.6) is 0 Å². The number of nitrogens with one attached hydrogen (secondary N) is 2. The van der Waals surface area contributed by atoms with Crippen molar-refractivity contribution < 1.29 is 39.0 Å². The summed E-state index contributed by atoms with van der Waals surface area (Å²) in [5.41, 5.74) is 0. The molecule has 1 rings (SSSR count). The van der Waals surface area contributed by atoms with Crippen LogP contribution in [0.3, 0.4) is 0 Å². The lowest BCUT2D eigenvalue weighted by Crippen LogP contribution is -2.45. The number of carbonyl (C=O) groups excluding carboxylic acids is 4. The minimum absolute atomic E-state index is 0.206. The zero-order valence-corrected chi connectivity index (χ0v) is 20.6. The van der Waals surface area contributed by atoms with Gasteiger partial charge in [0.1, 0.15) is 16.2 Å². The standard InChI is InChI=1S/C20H31N3O8S2/c1-4-5-6-7-8-23-16(26)9-20(19(23)31,32-10-14(17(27)28)21-12(2)24)33-11-15(18(29)30)22-13(3)25/h14-15H,4-11H2,1-3H3,(H,21,24)(H,22,25)(H,27,28)(H,29,30). The van der Waals surface area contributed by atoms with Crippen LogP contribution in [-0.4, -0.2) is 84.9 Å². The van der Waals surface area contributed by atoms with Crippen molar-refractivity contribution in [1.82, 2.24) is 15.5 Å². The van der Waals surface area contributed by atoms with E-state index in [1.807, 2.05) is 6.92 Å². The van der Waals surface area contributed by atoms with Crippen molar-refractivity contribution in [3.8, 4) is 0 Å². The van der Waals surface area contributed by atoms with Gasteiger partial charge < -0.3 is 20.8 Å². The number of nitrogens with zero attached hydrogens (tertiary/aromatic N) is 1. The third-order valence-corrected chi connectivity index (χ3v) is 8.09. The number of rotatable bonds is 15. The van der Waals surface area contributed by atoms with Crippen LogP contribution in [0.1, 0.15) is 52.9 Å². The fourth-order valence-corrected chi connectivity index (χ4v) is 6.14. The molecule has 4 amide bonds. The van der Waals surface area contributed by atoms with Crippen LogP contribution in [0, 0.1) is 0 Å². The molecule has 11 nitrogen and oxygen atoms in total. The summed E-state index contributed by atoms with van der Waals surface area (Å²) in [6.07, 6.45) is 3.17. The van der Waals surface area contributed by atoms with Crippen molar-refractivity contribution in [3.05, 3.63) is 0 Å². The predicted octanol–water partition coefficient (Wildman–Crippen LogP) is 0.667. The SMILES string of the molecule is CCCCCCN1C(=O)CC(SCC(NC(C)=O)C(=O)O)(SCC(NC(C)=O)C(=O)O)C1=O. The van der Waals surface area contributed by atoms with Gasteiger partial charge >= 0.3 is 11.9 Å². The molecule has 0 aromatic carbocycles. The number of thioether (sulfide) groups is 2. The molecule has 0 aromatic heterocycles. The molecule has 0 bridgehead atoms. The first-order chi connectivity index (χ1) is 15.4. The number of unbranched alkanes of at least 4 members (excludes halogenated alkanes) is 3. The predicted molar refractivity (Wildman–Crippen MR) is 124 cm³/mol. The number of carbonyl (C=O) groups is 6. The van der Waals surface area contributed by atoms with E-state index >= 15 is 0 Å². The summed E-state index contributed by atoms with van der Waals surface area (Å²) in [5, 5.41) is 23.3. The summed E-state index contributed by atoms with van der Waals surface area (Å²) in [4.78, 5) is 72.8. The Morgan fingerprint density at radius 1 is 0.939 bits per heavy atom. The van der Waals surface area contributed by atoms with Gasteiger partial charge in [-0.2, -0.15) is 0 Å². The van der Waals surface area contributed by atoms with E-state index in [0.717, 1.165) is 61.5 Å². The number of aliphatic carboxylic acids is 2. The second kappa shape index (κ2) is 13.4. The molecule has 0 spiro atoms. The Balaban J connectivity index is 3.09. The molecule has 1 fully saturated rings. The molecule has 0 saturated carbocycles. The molecule has 2 atom stereocenters. The smallest absolute Gasteiger partial charge is 0.327 e. The molecule has 1 aliphatic heterocycles. The number of imide groups is 1. The lowest BCUT2D eigenvalue weighted by molar-refractivity contribution is -0.141. The Morgan fingerprint density at radius 2 is 1.42 bits per heavy atom. The average molecular weight is 506 g/mol. The highest BCUT2D eigenvalue weighted by Gasteiger charge is 2.53. The topological polar surface area (TPSA) is 170 Å². The quantitative estimate of drug-likeness (QED) is 0.141. The molecule has 13 heteroatoms. The van der Waals surface area contributed by atoms with Crippen LogP contribution in [-0.2, 0) is 28.8 Å². The van der Waals surface area contributed by atoms with Gasteiger partial charge in [-0.25, -0.2) is 9.59 Å². The van der Waals surface area contributed by atoms with Crippen molar-refractivity contribution in [3.63, 3.8) is 0 Å². The van der Waals surface area contributed by atoms with Gasteiger partial charge in [-0.3, -0.25) is 24.1 Å². The number of likely N-dealkylation sites (tertiary alicyclic amines) is 1. The average Bonchev–Trinajstić information content (AvgIpc) is 2.95. The van der Waals surface area contributed by atoms with Gasteiger partial charge in [0.15, 0.2) is 0 Å². The monoisotopic (exact) mass is 505 g/mol. The van der Waals surface area contributed by atoms with E-state index < -0.39 is 51.7 Å². The minimum atomic E-state index is -1.46. The van der Waals surface area contributed by atoms with Gasteiger partial charge in [0, 0.05) is 31.9 Å². The molecule has 0 aromatic rings. The van der Waals surface area contributed by atoms with Gasteiger partial charge in [0.25, 0.3) is 5.91 Å². The Bertz CT molecular complexity index is 738. The molecular weight excluding hydrogens is 474 g/mol. The third kappa shape index (κ3) is 8.88. The van der Waals surface area contributed by atoms with Crippen LogP contribution < -0.4 is 10.6 Å². The summed E-state index contributed by atoms with van der Waals surface area (Å²) in [7, 11) is 0. The molecule has 0 radical (unpaired) electrons. The zero-order valence-electron chi connectivity index (χ0n) is 18.9. The molecule has 0 aliphatic carbocycles. The number of carboxylic acids is 2. The van der Waals surface area contributed by atoms with Gasteiger partial charge in [0.05, 0.1) is 6.42 Å². The van der Waals surface area contributed by atoms with E-state index in [4.69, 9.17) is 0 Å². The number of carboxylic acid groups (broad SMARTS) is 2. The molecule has 2 unspecified atom stereocenters. The van der Waals surface area contributed by atoms with Crippen LogP contribution in [0.4, 0.5) is 0 Å². The highest BCUT2D eigenvalue weighted by molar-refractivity contribution is 8.19. The first kappa shape index (κ1) is 28.8. The second-order valence-corrected chi connectivity index (χ2v) is 10.5. The van der Waals surface area contributed by atoms with Gasteiger partial charge in [0.2, 0.25) is 17.7 Å². The maximum atomic E-state index is 13.3. The molecule has 186 valence electrons. The highest BCUT2D eigenvalue weighted by atomic mass is 32.2. The lowest BCUT2D eigenvalue weighted by Gasteiger charge is -2.28. The summed E-state index contributed by atoms with van der Waals surface area (Å²) >= 11 is 1.78. The van der Waals surface area contributed by atoms with Crippen molar-refractivity contribution in [2.75, 3.05) is 18.1 Å². The maximum absolute atomic E-state index is 13.3. The van der Waals surface area contributed by atoms with E-state index in [0.29, 0.717) is 6.42 Å². The Labute approximate surface area is 200 Å². The van der Waals surface area contributed by atoms with Crippen molar-refractivity contribution >= 4 is 59.1 Å². The minimum Gasteiger partial charge on any atom is -0.480 e. The molecule has 1 aliphatic rings. The maximum Gasteiger partial charge on any atom is 0.327 e. The summed E-state index contributed by atoms with van der Waals surface area (Å²) < 4.78 is -1.46. The van der Waals surface area contributed by atoms with Gasteiger partial charge in [-0.15, -0.1) is 23.5 Å². The highest BCUT2D eigenvalue weighted by Crippen LogP contribution is 2.47. The van der Waals surface area contributed by atoms with Crippen molar-refractivity contribution in [2.45, 2.75) is 69.0 Å². The molecule has 4 N–H and O–H groups in total. The summed E-state index contributed by atoms with van der Waals surface area (Å²) in [6, 6.07) is -2.59. The first-order valence-corrected chi connectivity index (χ1v) is 12.5. The van der Waals surface area contributed by atoms with E-state index in [-0.39, 0.29) is 24.5 Å². The van der Waals surface area contributed by atoms with Crippen molar-refractivity contribution in [2.24, 2.45) is 0 Å². The van der Waals surface area contributed by atoms with Gasteiger partial charge in [-0.1, -0.05) is 26.2 Å².